The molecule has 168 valence electrons. The van der Waals surface area contributed by atoms with E-state index in [1.807, 2.05) is 54.6 Å². The monoisotopic (exact) mass is 450 g/mol. The molecule has 4 aromatic carbocycles. The topological polar surface area (TPSA) is 69.0 Å². The summed E-state index contributed by atoms with van der Waals surface area (Å²) in [5.41, 5.74) is 2.36. The zero-order valence-corrected chi connectivity index (χ0v) is 18.4. The lowest BCUT2D eigenvalue weighted by Crippen LogP contribution is -2.15. The van der Waals surface area contributed by atoms with Crippen molar-refractivity contribution in [3.63, 3.8) is 0 Å². The third-order valence-corrected chi connectivity index (χ3v) is 5.19. The zero-order valence-electron chi connectivity index (χ0n) is 18.4. The number of carbonyl (C=O) groups is 2. The van der Waals surface area contributed by atoms with E-state index >= 15 is 0 Å². The lowest BCUT2D eigenvalue weighted by atomic mass is 10.0. The Morgan fingerprint density at radius 2 is 1.62 bits per heavy atom. The van der Waals surface area contributed by atoms with E-state index in [9.17, 15) is 9.59 Å². The molecular weight excluding hydrogens is 428 g/mol. The molecule has 0 unspecified atom stereocenters. The van der Waals surface area contributed by atoms with Crippen molar-refractivity contribution in [1.82, 2.24) is 0 Å². The highest BCUT2D eigenvalue weighted by Gasteiger charge is 2.20. The first-order valence-corrected chi connectivity index (χ1v) is 10.7. The quantitative estimate of drug-likeness (QED) is 0.199. The molecular formula is C28H22N2O4. The summed E-state index contributed by atoms with van der Waals surface area (Å²) >= 11 is 0. The molecule has 0 aliphatic carbocycles. The fraction of sp³-hybridized carbons (Fsp3) is 0.107. The Hall–Kier alpha value is -4.63. The molecule has 4 rings (SSSR count). The van der Waals surface area contributed by atoms with Crippen LogP contribution in [0.15, 0.2) is 84.9 Å². The van der Waals surface area contributed by atoms with Crippen LogP contribution in [0.25, 0.3) is 15.6 Å². The van der Waals surface area contributed by atoms with Gasteiger partial charge in [0, 0.05) is 22.0 Å². The summed E-state index contributed by atoms with van der Waals surface area (Å²) in [4.78, 5) is 27.6. The maximum absolute atomic E-state index is 13.3. The van der Waals surface area contributed by atoms with Crippen LogP contribution in [0.4, 0.5) is 5.69 Å². The second-order valence-corrected chi connectivity index (χ2v) is 7.50. The van der Waals surface area contributed by atoms with Crippen molar-refractivity contribution in [2.24, 2.45) is 0 Å². The molecule has 0 fully saturated rings. The van der Waals surface area contributed by atoms with Gasteiger partial charge in [-0.3, -0.25) is 9.59 Å². The van der Waals surface area contributed by atoms with E-state index in [1.54, 1.807) is 30.3 Å². The van der Waals surface area contributed by atoms with Crippen molar-refractivity contribution in [3.8, 4) is 11.5 Å². The summed E-state index contributed by atoms with van der Waals surface area (Å²) in [6.45, 7) is 7.72. The largest absolute Gasteiger partial charge is 0.488 e. The van der Waals surface area contributed by atoms with Crippen LogP contribution in [-0.2, 0) is 6.61 Å². The van der Waals surface area contributed by atoms with Crippen molar-refractivity contribution in [2.75, 3.05) is 18.5 Å². The molecule has 1 N–H and O–H groups in total. The minimum atomic E-state index is -0.382. The van der Waals surface area contributed by atoms with Crippen molar-refractivity contribution in [1.29, 1.82) is 0 Å². The molecule has 0 saturated carbocycles. The van der Waals surface area contributed by atoms with E-state index in [4.69, 9.17) is 16.0 Å². The van der Waals surface area contributed by atoms with E-state index in [-0.39, 0.29) is 19.1 Å². The van der Waals surface area contributed by atoms with Crippen LogP contribution in [0.3, 0.4) is 0 Å². The van der Waals surface area contributed by atoms with Crippen molar-refractivity contribution < 1.29 is 19.1 Å². The highest BCUT2D eigenvalue weighted by Crippen LogP contribution is 2.37. The van der Waals surface area contributed by atoms with Gasteiger partial charge in [-0.2, -0.15) is 0 Å². The van der Waals surface area contributed by atoms with Crippen molar-refractivity contribution >= 4 is 28.7 Å². The molecule has 1 amide bonds. The predicted molar refractivity (Wildman–Crippen MR) is 131 cm³/mol. The van der Waals surface area contributed by atoms with E-state index in [2.05, 4.69) is 10.2 Å². The zero-order chi connectivity index (χ0) is 23.8. The van der Waals surface area contributed by atoms with Gasteiger partial charge < -0.3 is 19.6 Å². The highest BCUT2D eigenvalue weighted by molar-refractivity contribution is 6.11. The first kappa shape index (κ1) is 22.6. The fourth-order valence-electron chi connectivity index (χ4n) is 3.53. The summed E-state index contributed by atoms with van der Waals surface area (Å²) in [7, 11) is 0. The lowest BCUT2D eigenvalue weighted by molar-refractivity contribution is 0.102. The standard InChI is InChI=1S/C28H22N2O4/c1-29-15-16-33-27-24-10-6-5-9-23(24)26(34-19-21-7-3-2-4-8-21)17-25(27)28(32)30-22-13-11-20(18-31)12-14-22/h2-14,17-18H,15-16,19H2,(H,30,32). The van der Waals surface area contributed by atoms with Gasteiger partial charge in [0.2, 0.25) is 6.54 Å². The Bertz CT molecular complexity index is 1340. The SMILES string of the molecule is [C-]#[N+]CCOc1c(C(=O)Nc2ccc(C=O)cc2)cc(OCc2ccccc2)c2ccccc12. The van der Waals surface area contributed by atoms with Crippen LogP contribution in [0.1, 0.15) is 26.3 Å². The van der Waals surface area contributed by atoms with Crippen LogP contribution in [0.2, 0.25) is 0 Å². The summed E-state index contributed by atoms with van der Waals surface area (Å²) in [5, 5.41) is 4.39. The number of amides is 1. The van der Waals surface area contributed by atoms with Crippen LogP contribution in [-0.4, -0.2) is 25.3 Å². The minimum Gasteiger partial charge on any atom is -0.488 e. The first-order valence-electron chi connectivity index (χ1n) is 10.7. The van der Waals surface area contributed by atoms with Gasteiger partial charge in [0.25, 0.3) is 5.91 Å². The number of fused-ring (bicyclic) bond motifs is 1. The van der Waals surface area contributed by atoms with Gasteiger partial charge in [0.1, 0.15) is 24.4 Å². The minimum absolute atomic E-state index is 0.159. The smallest absolute Gasteiger partial charge is 0.259 e. The van der Waals surface area contributed by atoms with Crippen LogP contribution in [0.5, 0.6) is 11.5 Å². The fourth-order valence-corrected chi connectivity index (χ4v) is 3.53. The van der Waals surface area contributed by atoms with E-state index in [0.717, 1.165) is 22.6 Å². The van der Waals surface area contributed by atoms with Crippen LogP contribution >= 0.6 is 0 Å². The molecule has 0 aliphatic heterocycles. The molecule has 4 aromatic rings. The number of benzene rings is 4. The van der Waals surface area contributed by atoms with Gasteiger partial charge >= 0.3 is 0 Å². The molecule has 34 heavy (non-hydrogen) atoms. The van der Waals surface area contributed by atoms with E-state index in [1.165, 1.54) is 0 Å². The average molecular weight is 450 g/mol. The Balaban J connectivity index is 1.73. The second-order valence-electron chi connectivity index (χ2n) is 7.50. The number of rotatable bonds is 9. The molecule has 0 spiro atoms. The molecule has 0 bridgehead atoms. The second kappa shape index (κ2) is 10.8. The number of carbonyl (C=O) groups excluding carboxylic acids is 2. The Kier molecular flexibility index (Phi) is 7.16. The van der Waals surface area contributed by atoms with Gasteiger partial charge in [-0.15, -0.1) is 0 Å². The predicted octanol–water partition coefficient (Wildman–Crippen LogP) is 5.78. The van der Waals surface area contributed by atoms with E-state index < -0.39 is 0 Å². The summed E-state index contributed by atoms with van der Waals surface area (Å²) in [6, 6.07) is 25.6. The number of anilines is 1. The third-order valence-electron chi connectivity index (χ3n) is 5.19. The molecule has 0 aliphatic rings. The molecule has 0 atom stereocenters. The molecule has 0 aromatic heterocycles. The number of ether oxygens (including phenoxy) is 2. The summed E-state index contributed by atoms with van der Waals surface area (Å²) < 4.78 is 12.1. The highest BCUT2D eigenvalue weighted by atomic mass is 16.5. The average Bonchev–Trinajstić information content (AvgIpc) is 2.89. The summed E-state index contributed by atoms with van der Waals surface area (Å²) in [5.74, 6) is 0.568. The third kappa shape index (κ3) is 5.22. The van der Waals surface area contributed by atoms with Crippen molar-refractivity contribution in [2.45, 2.75) is 6.61 Å². The number of aldehydes is 1. The Labute approximate surface area is 197 Å². The number of nitrogens with one attached hydrogen (secondary N) is 1. The van der Waals surface area contributed by atoms with Gasteiger partial charge in [-0.25, -0.2) is 6.57 Å². The molecule has 0 radical (unpaired) electrons. The maximum Gasteiger partial charge on any atom is 0.259 e. The number of nitrogens with zero attached hydrogens (tertiary/aromatic N) is 1. The van der Waals surface area contributed by atoms with Crippen molar-refractivity contribution in [3.05, 3.63) is 113 Å². The van der Waals surface area contributed by atoms with Crippen LogP contribution in [0, 0.1) is 6.57 Å². The van der Waals surface area contributed by atoms with E-state index in [0.29, 0.717) is 34.9 Å². The molecule has 6 nitrogen and oxygen atoms in total. The number of hydrogen-bond donors (Lipinski definition) is 1. The van der Waals surface area contributed by atoms with Gasteiger partial charge in [-0.05, 0) is 35.9 Å². The van der Waals surface area contributed by atoms with Gasteiger partial charge in [0.15, 0.2) is 6.61 Å². The number of hydrogen-bond acceptors (Lipinski definition) is 4. The molecule has 0 heterocycles. The van der Waals surface area contributed by atoms with Gasteiger partial charge in [-0.1, -0.05) is 54.6 Å². The first-order chi connectivity index (χ1) is 16.7. The van der Waals surface area contributed by atoms with Gasteiger partial charge in [0.05, 0.1) is 5.56 Å². The maximum atomic E-state index is 13.3. The molecule has 6 heteroatoms. The normalized spacial score (nSPS) is 10.3. The summed E-state index contributed by atoms with van der Waals surface area (Å²) in [6.07, 6.45) is 0.745. The molecule has 0 saturated heterocycles. The van der Waals surface area contributed by atoms with Crippen LogP contribution < -0.4 is 14.8 Å². The Morgan fingerprint density at radius 1 is 0.912 bits per heavy atom. The lowest BCUT2D eigenvalue weighted by Gasteiger charge is -2.17. The Morgan fingerprint density at radius 3 is 2.32 bits per heavy atom.